The van der Waals surface area contributed by atoms with Crippen LogP contribution in [0.4, 0.5) is 0 Å². The molecule has 1 unspecified atom stereocenters. The van der Waals surface area contributed by atoms with E-state index in [1.54, 1.807) is 7.11 Å². The molecule has 3 nitrogen and oxygen atoms in total. The standard InChI is InChI=1S/C14H20BrNO2/c1-17-8-3-7-16-13-4-2-9-18-14-10-11(15)5-6-12(13)14/h5-6,10,13,16H,2-4,7-9H2,1H3. The van der Waals surface area contributed by atoms with Crippen molar-refractivity contribution < 1.29 is 9.47 Å². The van der Waals surface area contributed by atoms with Gasteiger partial charge >= 0.3 is 0 Å². The summed E-state index contributed by atoms with van der Waals surface area (Å²) in [5.41, 5.74) is 1.27. The van der Waals surface area contributed by atoms with Gasteiger partial charge in [-0.3, -0.25) is 0 Å². The van der Waals surface area contributed by atoms with Gasteiger partial charge in [-0.25, -0.2) is 0 Å². The predicted molar refractivity (Wildman–Crippen MR) is 76.1 cm³/mol. The van der Waals surface area contributed by atoms with Crippen molar-refractivity contribution in [1.29, 1.82) is 0 Å². The van der Waals surface area contributed by atoms with Crippen molar-refractivity contribution in [3.63, 3.8) is 0 Å². The van der Waals surface area contributed by atoms with Gasteiger partial charge in [-0.05, 0) is 37.9 Å². The fourth-order valence-corrected chi connectivity index (χ4v) is 2.59. The molecule has 2 rings (SSSR count). The fourth-order valence-electron chi connectivity index (χ4n) is 2.25. The normalized spacial score (nSPS) is 18.9. The average molecular weight is 314 g/mol. The highest BCUT2D eigenvalue weighted by atomic mass is 79.9. The van der Waals surface area contributed by atoms with Gasteiger partial charge in [0.15, 0.2) is 0 Å². The molecule has 100 valence electrons. The minimum absolute atomic E-state index is 0.396. The lowest BCUT2D eigenvalue weighted by molar-refractivity contribution is 0.193. The third-order valence-electron chi connectivity index (χ3n) is 3.16. The van der Waals surface area contributed by atoms with Crippen LogP contribution in [0.2, 0.25) is 0 Å². The molecule has 0 saturated carbocycles. The zero-order valence-electron chi connectivity index (χ0n) is 10.7. The van der Waals surface area contributed by atoms with Crippen molar-refractivity contribution in [2.75, 3.05) is 26.9 Å². The Morgan fingerprint density at radius 3 is 3.22 bits per heavy atom. The largest absolute Gasteiger partial charge is 0.493 e. The molecule has 0 aromatic heterocycles. The van der Waals surface area contributed by atoms with E-state index < -0.39 is 0 Å². The molecule has 1 aliphatic rings. The molecular weight excluding hydrogens is 294 g/mol. The molecule has 0 saturated heterocycles. The summed E-state index contributed by atoms with van der Waals surface area (Å²) in [6, 6.07) is 6.69. The smallest absolute Gasteiger partial charge is 0.125 e. The maximum absolute atomic E-state index is 5.79. The fraction of sp³-hybridized carbons (Fsp3) is 0.571. The van der Waals surface area contributed by atoms with E-state index in [2.05, 4.69) is 39.4 Å². The van der Waals surface area contributed by atoms with E-state index in [4.69, 9.17) is 9.47 Å². The van der Waals surface area contributed by atoms with E-state index in [1.165, 1.54) is 5.56 Å². The minimum Gasteiger partial charge on any atom is -0.493 e. The van der Waals surface area contributed by atoms with Crippen molar-refractivity contribution in [1.82, 2.24) is 5.32 Å². The third kappa shape index (κ3) is 3.70. The first-order chi connectivity index (χ1) is 8.81. The molecule has 1 heterocycles. The number of rotatable bonds is 5. The first kappa shape index (κ1) is 13.8. The van der Waals surface area contributed by atoms with E-state index in [1.807, 2.05) is 0 Å². The molecule has 0 aliphatic carbocycles. The second-order valence-electron chi connectivity index (χ2n) is 4.53. The lowest BCUT2D eigenvalue weighted by atomic mass is 10.0. The topological polar surface area (TPSA) is 30.5 Å². The second-order valence-corrected chi connectivity index (χ2v) is 5.44. The Hall–Kier alpha value is -0.580. The van der Waals surface area contributed by atoms with Gasteiger partial charge in [-0.2, -0.15) is 0 Å². The van der Waals surface area contributed by atoms with Crippen LogP contribution in [0.5, 0.6) is 5.75 Å². The van der Waals surface area contributed by atoms with Crippen LogP contribution in [0, 0.1) is 0 Å². The first-order valence-corrected chi connectivity index (χ1v) is 7.25. The Kier molecular flexibility index (Phi) is 5.47. The molecule has 0 amide bonds. The number of hydrogen-bond donors (Lipinski definition) is 1. The molecule has 1 N–H and O–H groups in total. The molecule has 1 aliphatic heterocycles. The van der Waals surface area contributed by atoms with Crippen molar-refractivity contribution in [3.8, 4) is 5.75 Å². The van der Waals surface area contributed by atoms with Crippen molar-refractivity contribution >= 4 is 15.9 Å². The van der Waals surface area contributed by atoms with E-state index in [9.17, 15) is 0 Å². The lowest BCUT2D eigenvalue weighted by Crippen LogP contribution is -2.23. The lowest BCUT2D eigenvalue weighted by Gasteiger charge is -2.18. The Balaban J connectivity index is 2.02. The van der Waals surface area contributed by atoms with Crippen LogP contribution in [0.25, 0.3) is 0 Å². The molecule has 0 bridgehead atoms. The molecule has 0 radical (unpaired) electrons. The quantitative estimate of drug-likeness (QED) is 0.846. The highest BCUT2D eigenvalue weighted by molar-refractivity contribution is 9.10. The number of halogens is 1. The Morgan fingerprint density at radius 1 is 1.50 bits per heavy atom. The highest BCUT2D eigenvalue weighted by Crippen LogP contribution is 2.33. The molecule has 1 aromatic rings. The number of nitrogens with one attached hydrogen (secondary N) is 1. The minimum atomic E-state index is 0.396. The number of hydrogen-bond acceptors (Lipinski definition) is 3. The number of ether oxygens (including phenoxy) is 2. The van der Waals surface area contributed by atoms with Gasteiger partial charge in [-0.15, -0.1) is 0 Å². The van der Waals surface area contributed by atoms with Gasteiger partial charge in [0.05, 0.1) is 6.61 Å². The molecular formula is C14H20BrNO2. The van der Waals surface area contributed by atoms with E-state index in [-0.39, 0.29) is 0 Å². The summed E-state index contributed by atoms with van der Waals surface area (Å²) < 4.78 is 11.9. The predicted octanol–water partition coefficient (Wildman–Crippen LogP) is 3.29. The monoisotopic (exact) mass is 313 g/mol. The van der Waals surface area contributed by atoms with Gasteiger partial charge in [0, 0.05) is 29.8 Å². The van der Waals surface area contributed by atoms with Gasteiger partial charge in [0.2, 0.25) is 0 Å². The van der Waals surface area contributed by atoms with Gasteiger partial charge in [0.25, 0.3) is 0 Å². The van der Waals surface area contributed by atoms with Crippen LogP contribution in [-0.2, 0) is 4.74 Å². The molecule has 4 heteroatoms. The van der Waals surface area contributed by atoms with Crippen molar-refractivity contribution in [2.24, 2.45) is 0 Å². The summed E-state index contributed by atoms with van der Waals surface area (Å²) in [5.74, 6) is 1.01. The van der Waals surface area contributed by atoms with Crippen LogP contribution < -0.4 is 10.1 Å². The molecule has 1 atom stereocenters. The SMILES string of the molecule is COCCCNC1CCCOc2cc(Br)ccc21. The van der Waals surface area contributed by atoms with Crippen molar-refractivity contribution in [2.45, 2.75) is 25.3 Å². The second kappa shape index (κ2) is 7.12. The van der Waals surface area contributed by atoms with E-state index in [0.29, 0.717) is 6.04 Å². The highest BCUT2D eigenvalue weighted by Gasteiger charge is 2.19. The third-order valence-corrected chi connectivity index (χ3v) is 3.65. The van der Waals surface area contributed by atoms with Crippen LogP contribution >= 0.6 is 15.9 Å². The Bertz CT molecular complexity index is 384. The van der Waals surface area contributed by atoms with E-state index in [0.717, 1.165) is 49.2 Å². The molecule has 0 spiro atoms. The molecule has 1 aromatic carbocycles. The summed E-state index contributed by atoms with van der Waals surface area (Å²) in [5, 5.41) is 3.60. The summed E-state index contributed by atoms with van der Waals surface area (Å²) in [7, 11) is 1.74. The van der Waals surface area contributed by atoms with Crippen molar-refractivity contribution in [3.05, 3.63) is 28.2 Å². The zero-order valence-corrected chi connectivity index (χ0v) is 12.3. The Labute approximate surface area is 117 Å². The Morgan fingerprint density at radius 2 is 2.39 bits per heavy atom. The van der Waals surface area contributed by atoms with Crippen LogP contribution in [-0.4, -0.2) is 26.9 Å². The summed E-state index contributed by atoms with van der Waals surface area (Å²) in [6.45, 7) is 2.59. The van der Waals surface area contributed by atoms with Gasteiger partial charge in [0.1, 0.15) is 5.75 Å². The van der Waals surface area contributed by atoms with Crippen LogP contribution in [0.1, 0.15) is 30.9 Å². The number of methoxy groups -OCH3 is 1. The molecule has 0 fully saturated rings. The summed E-state index contributed by atoms with van der Waals surface area (Å²) in [6.07, 6.45) is 3.26. The molecule has 18 heavy (non-hydrogen) atoms. The number of benzene rings is 1. The van der Waals surface area contributed by atoms with E-state index >= 15 is 0 Å². The van der Waals surface area contributed by atoms with Gasteiger partial charge in [-0.1, -0.05) is 22.0 Å². The maximum atomic E-state index is 5.79. The first-order valence-electron chi connectivity index (χ1n) is 6.46. The number of fused-ring (bicyclic) bond motifs is 1. The van der Waals surface area contributed by atoms with Gasteiger partial charge < -0.3 is 14.8 Å². The van der Waals surface area contributed by atoms with Crippen LogP contribution in [0.3, 0.4) is 0 Å². The summed E-state index contributed by atoms with van der Waals surface area (Å²) in [4.78, 5) is 0. The average Bonchev–Trinajstić information content (AvgIpc) is 2.56. The van der Waals surface area contributed by atoms with Crippen LogP contribution in [0.15, 0.2) is 22.7 Å². The summed E-state index contributed by atoms with van der Waals surface area (Å²) >= 11 is 3.49. The maximum Gasteiger partial charge on any atom is 0.125 e. The zero-order chi connectivity index (χ0) is 12.8.